The quantitative estimate of drug-likeness (QED) is 0.903. The van der Waals surface area contributed by atoms with Crippen LogP contribution in [0.3, 0.4) is 0 Å². The molecule has 0 saturated heterocycles. The molecule has 0 saturated carbocycles. The molecular formula is C14H18N2O2. The van der Waals surface area contributed by atoms with Crippen molar-refractivity contribution < 1.29 is 9.53 Å². The number of carbonyl (C=O) groups excluding carboxylic acids is 1. The number of nitrogens with zero attached hydrogens (tertiary/aromatic N) is 1. The smallest absolute Gasteiger partial charge is 0.406 e. The minimum absolute atomic E-state index is 0.382. The average Bonchev–Trinajstić information content (AvgIpc) is 2.64. The van der Waals surface area contributed by atoms with E-state index < -0.39 is 0 Å². The van der Waals surface area contributed by atoms with E-state index in [9.17, 15) is 4.79 Å². The van der Waals surface area contributed by atoms with Gasteiger partial charge in [-0.05, 0) is 25.0 Å². The van der Waals surface area contributed by atoms with Crippen LogP contribution < -0.4 is 5.32 Å². The topological polar surface area (TPSA) is 43.3 Å². The van der Waals surface area contributed by atoms with E-state index in [0.29, 0.717) is 6.54 Å². The molecule has 0 radical (unpaired) electrons. The number of para-hydroxylation sites is 1. The fourth-order valence-electron chi connectivity index (χ4n) is 2.28. The Hall–Kier alpha value is -1.97. The lowest BCUT2D eigenvalue weighted by atomic mass is 10.1. The number of nitrogens with one attached hydrogen (secondary N) is 1. The molecule has 1 aromatic carbocycles. The van der Waals surface area contributed by atoms with Gasteiger partial charge in [-0.2, -0.15) is 0 Å². The number of benzene rings is 1. The number of hydrogen-bond acceptors (Lipinski definition) is 2. The van der Waals surface area contributed by atoms with Gasteiger partial charge < -0.3 is 14.6 Å². The number of methoxy groups -OCH3 is 1. The van der Waals surface area contributed by atoms with Gasteiger partial charge in [0.2, 0.25) is 0 Å². The van der Waals surface area contributed by atoms with Gasteiger partial charge in [-0.15, -0.1) is 0 Å². The molecule has 1 aromatic heterocycles. The highest BCUT2D eigenvalue weighted by Gasteiger charge is 2.11. The Bertz CT molecular complexity index is 572. The van der Waals surface area contributed by atoms with E-state index in [1.165, 1.54) is 29.3 Å². The number of rotatable bonds is 3. The first-order chi connectivity index (χ1) is 8.65. The van der Waals surface area contributed by atoms with Crippen LogP contribution >= 0.6 is 0 Å². The highest BCUT2D eigenvalue weighted by molar-refractivity contribution is 5.85. The number of aryl methyl sites for hydroxylation is 1. The molecule has 0 fully saturated rings. The van der Waals surface area contributed by atoms with Crippen molar-refractivity contribution in [1.29, 1.82) is 0 Å². The second-order valence-corrected chi connectivity index (χ2v) is 4.31. The second-order valence-electron chi connectivity index (χ2n) is 4.31. The van der Waals surface area contributed by atoms with Crippen molar-refractivity contribution in [2.45, 2.75) is 13.3 Å². The molecule has 18 heavy (non-hydrogen) atoms. The van der Waals surface area contributed by atoms with Gasteiger partial charge in [-0.1, -0.05) is 18.2 Å². The monoisotopic (exact) mass is 246 g/mol. The molecule has 0 unspecified atom stereocenters. The molecule has 1 N–H and O–H groups in total. The molecule has 2 aromatic rings. The van der Waals surface area contributed by atoms with Gasteiger partial charge in [-0.25, -0.2) is 4.79 Å². The molecule has 1 heterocycles. The number of fused-ring (bicyclic) bond motifs is 1. The maximum Gasteiger partial charge on any atom is 0.406 e. The molecule has 4 nitrogen and oxygen atoms in total. The van der Waals surface area contributed by atoms with Crippen LogP contribution in [-0.4, -0.2) is 24.3 Å². The molecule has 0 aliphatic rings. The normalized spacial score (nSPS) is 10.6. The fraction of sp³-hybridized carbons (Fsp3) is 0.357. The van der Waals surface area contributed by atoms with Gasteiger partial charge in [0.1, 0.15) is 0 Å². The first-order valence-electron chi connectivity index (χ1n) is 6.00. The van der Waals surface area contributed by atoms with E-state index in [1.54, 1.807) is 0 Å². The van der Waals surface area contributed by atoms with Gasteiger partial charge in [0.15, 0.2) is 0 Å². The Kier molecular flexibility index (Phi) is 3.55. The van der Waals surface area contributed by atoms with Crippen LogP contribution in [0.2, 0.25) is 0 Å². The predicted molar refractivity (Wildman–Crippen MR) is 71.8 cm³/mol. The summed E-state index contributed by atoms with van der Waals surface area (Å²) in [5.41, 5.74) is 3.75. The van der Waals surface area contributed by atoms with Crippen LogP contribution in [-0.2, 0) is 18.2 Å². The van der Waals surface area contributed by atoms with Crippen molar-refractivity contribution in [1.82, 2.24) is 9.88 Å². The molecule has 0 aliphatic carbocycles. The Labute approximate surface area is 107 Å². The molecule has 0 atom stereocenters. The highest BCUT2D eigenvalue weighted by atomic mass is 16.5. The maximum atomic E-state index is 11.0. The summed E-state index contributed by atoms with van der Waals surface area (Å²) in [5.74, 6) is 0. The molecule has 2 rings (SSSR count). The third kappa shape index (κ3) is 2.18. The number of amides is 1. The van der Waals surface area contributed by atoms with Crippen molar-refractivity contribution in [3.63, 3.8) is 0 Å². The van der Waals surface area contributed by atoms with Crippen molar-refractivity contribution in [3.05, 3.63) is 35.5 Å². The van der Waals surface area contributed by atoms with Gasteiger partial charge >= 0.3 is 6.09 Å². The van der Waals surface area contributed by atoms with Crippen LogP contribution in [0.25, 0.3) is 10.9 Å². The summed E-state index contributed by atoms with van der Waals surface area (Å²) in [6, 6.07) is 8.31. The lowest BCUT2D eigenvalue weighted by molar-refractivity contribution is 0.171. The summed E-state index contributed by atoms with van der Waals surface area (Å²) >= 11 is 0. The van der Waals surface area contributed by atoms with Crippen LogP contribution in [0.15, 0.2) is 24.3 Å². The average molecular weight is 246 g/mol. The maximum absolute atomic E-state index is 11.0. The van der Waals surface area contributed by atoms with Crippen molar-refractivity contribution in [2.75, 3.05) is 13.7 Å². The van der Waals surface area contributed by atoms with E-state index in [2.05, 4.69) is 40.7 Å². The Morgan fingerprint density at radius 1 is 1.39 bits per heavy atom. The summed E-state index contributed by atoms with van der Waals surface area (Å²) < 4.78 is 6.74. The number of alkyl carbamates (subject to hydrolysis) is 1. The zero-order valence-corrected chi connectivity index (χ0v) is 11.0. The van der Waals surface area contributed by atoms with Crippen molar-refractivity contribution in [2.24, 2.45) is 7.05 Å². The Morgan fingerprint density at radius 2 is 2.11 bits per heavy atom. The molecule has 0 bridgehead atoms. The van der Waals surface area contributed by atoms with E-state index in [0.717, 1.165) is 6.42 Å². The minimum atomic E-state index is -0.382. The first kappa shape index (κ1) is 12.5. The summed E-state index contributed by atoms with van der Waals surface area (Å²) in [4.78, 5) is 11.0. The molecular weight excluding hydrogens is 228 g/mol. The lowest BCUT2D eigenvalue weighted by Crippen LogP contribution is -2.25. The van der Waals surface area contributed by atoms with E-state index in [4.69, 9.17) is 0 Å². The third-order valence-corrected chi connectivity index (χ3v) is 3.36. The van der Waals surface area contributed by atoms with Gasteiger partial charge in [0.05, 0.1) is 7.11 Å². The standard InChI is InChI=1S/C14H18N2O2/c1-10-11(8-9-15-14(17)18-3)12-6-4-5-7-13(12)16(10)2/h4-7H,8-9H2,1-3H3,(H,15,17). The number of hydrogen-bond donors (Lipinski definition) is 1. The van der Waals surface area contributed by atoms with Crippen molar-refractivity contribution in [3.8, 4) is 0 Å². The third-order valence-electron chi connectivity index (χ3n) is 3.36. The zero-order chi connectivity index (χ0) is 13.1. The molecule has 96 valence electrons. The zero-order valence-electron chi connectivity index (χ0n) is 11.0. The number of ether oxygens (including phenoxy) is 1. The fourth-order valence-corrected chi connectivity index (χ4v) is 2.28. The summed E-state index contributed by atoms with van der Waals surface area (Å²) in [6.07, 6.45) is 0.426. The number of aromatic nitrogens is 1. The Morgan fingerprint density at radius 3 is 2.83 bits per heavy atom. The lowest BCUT2D eigenvalue weighted by Gasteiger charge is -2.04. The van der Waals surface area contributed by atoms with Crippen LogP contribution in [0, 0.1) is 6.92 Å². The molecule has 1 amide bonds. The van der Waals surface area contributed by atoms with E-state index in [1.807, 2.05) is 12.1 Å². The van der Waals surface area contributed by atoms with Crippen molar-refractivity contribution >= 4 is 17.0 Å². The SMILES string of the molecule is COC(=O)NCCc1c(C)n(C)c2ccccc12. The van der Waals surface area contributed by atoms with Gasteiger partial charge in [0, 0.05) is 30.2 Å². The largest absolute Gasteiger partial charge is 0.453 e. The minimum Gasteiger partial charge on any atom is -0.453 e. The molecule has 0 spiro atoms. The van der Waals surface area contributed by atoms with Crippen LogP contribution in [0.4, 0.5) is 4.79 Å². The Balaban J connectivity index is 2.22. The summed E-state index contributed by atoms with van der Waals surface area (Å²) in [6.45, 7) is 2.69. The second kappa shape index (κ2) is 5.12. The summed E-state index contributed by atoms with van der Waals surface area (Å²) in [5, 5.41) is 3.97. The first-order valence-corrected chi connectivity index (χ1v) is 6.00. The molecule has 0 aliphatic heterocycles. The molecule has 4 heteroatoms. The van der Waals surface area contributed by atoms with E-state index in [-0.39, 0.29) is 6.09 Å². The highest BCUT2D eigenvalue weighted by Crippen LogP contribution is 2.24. The summed E-state index contributed by atoms with van der Waals surface area (Å²) in [7, 11) is 3.44. The van der Waals surface area contributed by atoms with Gasteiger partial charge in [0.25, 0.3) is 0 Å². The van der Waals surface area contributed by atoms with Crippen LogP contribution in [0.1, 0.15) is 11.3 Å². The van der Waals surface area contributed by atoms with Crippen LogP contribution in [0.5, 0.6) is 0 Å². The predicted octanol–water partition coefficient (Wildman–Crippen LogP) is 2.39. The number of carbonyl (C=O) groups is 1. The van der Waals surface area contributed by atoms with Gasteiger partial charge in [-0.3, -0.25) is 0 Å². The van der Waals surface area contributed by atoms with E-state index >= 15 is 0 Å².